The number of halogens is 1. The van der Waals surface area contributed by atoms with Crippen molar-refractivity contribution in [1.29, 1.82) is 0 Å². The number of nitrogens with zero attached hydrogens (tertiary/aromatic N) is 5. The third kappa shape index (κ3) is 4.42. The summed E-state index contributed by atoms with van der Waals surface area (Å²) in [5, 5.41) is 9.99. The second kappa shape index (κ2) is 9.42. The number of nitrogens with two attached hydrogens (primary N) is 1. The van der Waals surface area contributed by atoms with Crippen LogP contribution in [0.3, 0.4) is 0 Å². The molecular formula is C20H33BrN8. The van der Waals surface area contributed by atoms with Gasteiger partial charge in [0.1, 0.15) is 5.82 Å². The van der Waals surface area contributed by atoms with Crippen LogP contribution in [-0.2, 0) is 0 Å². The fraction of sp³-hybridized carbons (Fsp3) is 0.600. The zero-order valence-electron chi connectivity index (χ0n) is 18.0. The second-order valence-electron chi connectivity index (χ2n) is 7.58. The lowest BCUT2D eigenvalue weighted by atomic mass is 10.0. The molecule has 1 saturated heterocycles. The summed E-state index contributed by atoms with van der Waals surface area (Å²) < 4.78 is 2.57. The first kappa shape index (κ1) is 22.0. The maximum absolute atomic E-state index is 6.43. The van der Waals surface area contributed by atoms with Crippen molar-refractivity contribution in [3.05, 3.63) is 28.1 Å². The van der Waals surface area contributed by atoms with E-state index in [1.165, 1.54) is 0 Å². The van der Waals surface area contributed by atoms with Gasteiger partial charge >= 0.3 is 0 Å². The van der Waals surface area contributed by atoms with E-state index in [1.54, 1.807) is 4.52 Å². The number of hydrogen-bond donors (Lipinski definition) is 3. The molecular weight excluding hydrogens is 432 g/mol. The van der Waals surface area contributed by atoms with Crippen LogP contribution in [0.2, 0.25) is 0 Å². The zero-order chi connectivity index (χ0) is 21.1. The van der Waals surface area contributed by atoms with Gasteiger partial charge in [0.15, 0.2) is 5.65 Å². The molecule has 1 fully saturated rings. The number of nitrogens with one attached hydrogen (secondary N) is 2. The lowest BCUT2D eigenvalue weighted by molar-refractivity contribution is 0.226. The molecule has 4 rings (SSSR count). The van der Waals surface area contributed by atoms with Gasteiger partial charge in [-0.05, 0) is 35.4 Å². The highest BCUT2D eigenvalue weighted by Gasteiger charge is 2.27. The average Bonchev–Trinajstić information content (AvgIpc) is 3.24. The molecule has 0 saturated carbocycles. The predicted octanol–water partition coefficient (Wildman–Crippen LogP) is 2.29. The molecule has 2 aliphatic rings. The van der Waals surface area contributed by atoms with Crippen LogP contribution in [0.5, 0.6) is 0 Å². The molecule has 2 aromatic rings. The van der Waals surface area contributed by atoms with Crippen LogP contribution in [0.4, 0.5) is 5.82 Å². The molecule has 0 spiro atoms. The van der Waals surface area contributed by atoms with Crippen LogP contribution in [-0.4, -0.2) is 70.3 Å². The second-order valence-corrected chi connectivity index (χ2v) is 8.37. The smallest absolute Gasteiger partial charge is 0.165 e. The Morgan fingerprint density at radius 1 is 1.31 bits per heavy atom. The Hall–Kier alpha value is -1.68. The maximum atomic E-state index is 6.43. The van der Waals surface area contributed by atoms with Crippen molar-refractivity contribution in [2.75, 3.05) is 45.5 Å². The van der Waals surface area contributed by atoms with E-state index in [4.69, 9.17) is 10.7 Å². The van der Waals surface area contributed by atoms with Crippen molar-refractivity contribution in [2.45, 2.75) is 39.7 Å². The van der Waals surface area contributed by atoms with Crippen LogP contribution < -0.4 is 16.5 Å². The van der Waals surface area contributed by atoms with Gasteiger partial charge in [-0.3, -0.25) is 4.90 Å². The highest BCUT2D eigenvalue weighted by Crippen LogP contribution is 2.33. The van der Waals surface area contributed by atoms with E-state index in [0.29, 0.717) is 11.9 Å². The van der Waals surface area contributed by atoms with Crippen molar-refractivity contribution < 1.29 is 0 Å². The van der Waals surface area contributed by atoms with Gasteiger partial charge in [-0.15, -0.1) is 0 Å². The van der Waals surface area contributed by atoms with E-state index >= 15 is 0 Å². The number of hydrazine groups is 1. The fourth-order valence-corrected chi connectivity index (χ4v) is 4.38. The molecule has 0 amide bonds. The Balaban J connectivity index is 0.00000117. The normalized spacial score (nSPS) is 20.6. The Morgan fingerprint density at radius 3 is 2.72 bits per heavy atom. The van der Waals surface area contributed by atoms with Crippen molar-refractivity contribution >= 4 is 33.0 Å². The number of aromatic nitrogens is 3. The Bertz CT molecular complexity index is 875. The quantitative estimate of drug-likeness (QED) is 0.641. The molecule has 1 atom stereocenters. The van der Waals surface area contributed by atoms with E-state index in [9.17, 15) is 0 Å². The van der Waals surface area contributed by atoms with Crippen LogP contribution >= 0.6 is 15.9 Å². The summed E-state index contributed by atoms with van der Waals surface area (Å²) >= 11 is 3.69. The number of fused-ring (bicyclic) bond motifs is 1. The Kier molecular flexibility index (Phi) is 7.15. The van der Waals surface area contributed by atoms with Gasteiger partial charge in [0, 0.05) is 63.5 Å². The first-order chi connectivity index (χ1) is 14.0. The predicted molar refractivity (Wildman–Crippen MR) is 123 cm³/mol. The van der Waals surface area contributed by atoms with Crippen molar-refractivity contribution in [1.82, 2.24) is 35.2 Å². The van der Waals surface area contributed by atoms with E-state index in [0.717, 1.165) is 59.7 Å². The van der Waals surface area contributed by atoms with E-state index < -0.39 is 0 Å². The molecule has 1 unspecified atom stereocenters. The van der Waals surface area contributed by atoms with Gasteiger partial charge in [0.05, 0.1) is 16.4 Å². The van der Waals surface area contributed by atoms with Crippen molar-refractivity contribution in [3.63, 3.8) is 0 Å². The van der Waals surface area contributed by atoms with Crippen molar-refractivity contribution in [2.24, 2.45) is 0 Å². The van der Waals surface area contributed by atoms with E-state index in [-0.39, 0.29) is 5.92 Å². The highest BCUT2D eigenvalue weighted by molar-refractivity contribution is 9.10. The molecule has 0 aliphatic carbocycles. The lowest BCUT2D eigenvalue weighted by Gasteiger charge is -2.27. The molecule has 8 nitrogen and oxygen atoms in total. The minimum atomic E-state index is 0.262. The molecule has 29 heavy (non-hydrogen) atoms. The molecule has 9 heteroatoms. The summed E-state index contributed by atoms with van der Waals surface area (Å²) in [6.07, 6.45) is 3.93. The van der Waals surface area contributed by atoms with E-state index in [2.05, 4.69) is 56.7 Å². The third-order valence-electron chi connectivity index (χ3n) is 5.40. The number of hydrogen-bond acceptors (Lipinski definition) is 7. The molecule has 0 radical (unpaired) electrons. The summed E-state index contributed by atoms with van der Waals surface area (Å²) in [6.45, 7) is 13.1. The Labute approximate surface area is 181 Å². The maximum Gasteiger partial charge on any atom is 0.165 e. The standard InChI is InChI=1S/C18H27BrN8.C2H6/c1-11(2)26-5-4-21-6-13(10-26)16-15(19)17(20)27-18(24-16)14(8-23-27)12-7-22-25(3)9-12;1-2/h8-9,11,13,21-22H,4-7,10,20H2,1-3H3;1-2H3. The Morgan fingerprint density at radius 2 is 2.07 bits per heavy atom. The summed E-state index contributed by atoms with van der Waals surface area (Å²) in [6, 6.07) is 0.503. The van der Waals surface area contributed by atoms with Gasteiger partial charge in [0.25, 0.3) is 0 Å². The van der Waals surface area contributed by atoms with Crippen LogP contribution in [0.15, 0.2) is 16.9 Å². The SMILES string of the molecule is CC.CC(C)N1CCNCC(c2nc3c(C4=CN(C)NC4)cnn3c(N)c2Br)C1. The number of anilines is 1. The van der Waals surface area contributed by atoms with Gasteiger partial charge < -0.3 is 16.1 Å². The highest BCUT2D eigenvalue weighted by atomic mass is 79.9. The van der Waals surface area contributed by atoms with Gasteiger partial charge in [-0.2, -0.15) is 9.61 Å². The average molecular weight is 465 g/mol. The van der Waals surface area contributed by atoms with Gasteiger partial charge in [0.2, 0.25) is 0 Å². The topological polar surface area (TPSA) is 86.8 Å². The summed E-state index contributed by atoms with van der Waals surface area (Å²) in [4.78, 5) is 7.54. The minimum Gasteiger partial charge on any atom is -0.383 e. The lowest BCUT2D eigenvalue weighted by Crippen LogP contribution is -2.35. The molecule has 0 bridgehead atoms. The largest absolute Gasteiger partial charge is 0.383 e. The summed E-state index contributed by atoms with van der Waals surface area (Å²) in [7, 11) is 1.99. The van der Waals surface area contributed by atoms with Crippen LogP contribution in [0.25, 0.3) is 11.2 Å². The summed E-state index contributed by atoms with van der Waals surface area (Å²) in [5.41, 5.74) is 13.7. The zero-order valence-corrected chi connectivity index (χ0v) is 19.6. The monoisotopic (exact) mass is 464 g/mol. The molecule has 4 heterocycles. The molecule has 4 N–H and O–H groups in total. The van der Waals surface area contributed by atoms with E-state index in [1.807, 2.05) is 32.1 Å². The molecule has 160 valence electrons. The molecule has 2 aliphatic heterocycles. The van der Waals surface area contributed by atoms with Crippen LogP contribution in [0, 0.1) is 0 Å². The third-order valence-corrected chi connectivity index (χ3v) is 6.21. The molecule has 2 aromatic heterocycles. The summed E-state index contributed by atoms with van der Waals surface area (Å²) in [5.74, 6) is 0.860. The minimum absolute atomic E-state index is 0.262. The fourth-order valence-electron chi connectivity index (χ4n) is 3.80. The van der Waals surface area contributed by atoms with Gasteiger partial charge in [-0.1, -0.05) is 13.8 Å². The number of rotatable bonds is 3. The molecule has 0 aromatic carbocycles. The number of nitrogen functional groups attached to an aromatic ring is 1. The van der Waals surface area contributed by atoms with Crippen LogP contribution in [0.1, 0.15) is 44.9 Å². The van der Waals surface area contributed by atoms with Crippen molar-refractivity contribution in [3.8, 4) is 0 Å². The first-order valence-corrected chi connectivity index (χ1v) is 11.2. The first-order valence-electron chi connectivity index (χ1n) is 10.4. The van der Waals surface area contributed by atoms with Gasteiger partial charge in [-0.25, -0.2) is 10.4 Å².